The Bertz CT molecular complexity index is 1230. The van der Waals surface area contributed by atoms with Gasteiger partial charge in [-0.15, -0.1) is 0 Å². The summed E-state index contributed by atoms with van der Waals surface area (Å²) < 4.78 is 34.4. The normalized spacial score (nSPS) is 11.2. The number of benzene rings is 3. The molecule has 0 saturated carbocycles. The Morgan fingerprint density at radius 3 is 2.39 bits per heavy atom. The van der Waals surface area contributed by atoms with Gasteiger partial charge in [0.05, 0.1) is 17.1 Å². The van der Waals surface area contributed by atoms with Gasteiger partial charge < -0.3 is 10.1 Å². The van der Waals surface area contributed by atoms with E-state index in [1.807, 2.05) is 39.0 Å². The molecule has 3 rings (SSSR count). The lowest BCUT2D eigenvalue weighted by molar-refractivity contribution is -0.119. The van der Waals surface area contributed by atoms with Crippen LogP contribution in [-0.4, -0.2) is 34.0 Å². The number of amides is 1. The predicted molar refractivity (Wildman–Crippen MR) is 134 cm³/mol. The SMILES string of the molecule is Cc1ccc(S(=O)(=O)N(CC(=O)NCCOc2cccc(C)c2C)c2cccc(Br)c2)cc1. The Labute approximate surface area is 203 Å². The number of halogens is 1. The molecular formula is C25H27BrN2O4S. The van der Waals surface area contributed by atoms with Gasteiger partial charge in [0.25, 0.3) is 10.0 Å². The Morgan fingerprint density at radius 2 is 1.70 bits per heavy atom. The molecule has 0 atom stereocenters. The first kappa shape index (κ1) is 24.8. The van der Waals surface area contributed by atoms with Crippen LogP contribution in [0.1, 0.15) is 16.7 Å². The van der Waals surface area contributed by atoms with Crippen molar-refractivity contribution in [2.45, 2.75) is 25.7 Å². The van der Waals surface area contributed by atoms with Crippen LogP contribution in [0, 0.1) is 20.8 Å². The number of sulfonamides is 1. The van der Waals surface area contributed by atoms with Crippen LogP contribution in [0.25, 0.3) is 0 Å². The number of rotatable bonds is 9. The fraction of sp³-hybridized carbons (Fsp3) is 0.240. The lowest BCUT2D eigenvalue weighted by atomic mass is 10.1. The fourth-order valence-electron chi connectivity index (χ4n) is 3.20. The average Bonchev–Trinajstić information content (AvgIpc) is 2.78. The molecule has 0 spiro atoms. The molecule has 0 aliphatic rings. The van der Waals surface area contributed by atoms with E-state index >= 15 is 0 Å². The second-order valence-electron chi connectivity index (χ2n) is 7.70. The van der Waals surface area contributed by atoms with Crippen molar-refractivity contribution in [3.63, 3.8) is 0 Å². The third-order valence-corrected chi connectivity index (χ3v) is 7.51. The first-order chi connectivity index (χ1) is 15.7. The van der Waals surface area contributed by atoms with E-state index in [-0.39, 0.29) is 24.6 Å². The molecule has 0 saturated heterocycles. The number of nitrogens with one attached hydrogen (secondary N) is 1. The number of hydrogen-bond donors (Lipinski definition) is 1. The number of aryl methyl sites for hydroxylation is 2. The van der Waals surface area contributed by atoms with Gasteiger partial charge in [0.15, 0.2) is 0 Å². The highest BCUT2D eigenvalue weighted by molar-refractivity contribution is 9.10. The zero-order valence-corrected chi connectivity index (χ0v) is 21.2. The number of carbonyl (C=O) groups excluding carboxylic acids is 1. The average molecular weight is 531 g/mol. The highest BCUT2D eigenvalue weighted by Crippen LogP contribution is 2.26. The van der Waals surface area contributed by atoms with E-state index in [1.165, 1.54) is 0 Å². The van der Waals surface area contributed by atoms with Crippen LogP contribution in [0.15, 0.2) is 76.1 Å². The topological polar surface area (TPSA) is 75.7 Å². The van der Waals surface area contributed by atoms with E-state index in [1.54, 1.807) is 48.5 Å². The summed E-state index contributed by atoms with van der Waals surface area (Å²) in [5.74, 6) is 0.345. The third kappa shape index (κ3) is 6.36. The smallest absolute Gasteiger partial charge is 0.264 e. The highest BCUT2D eigenvalue weighted by Gasteiger charge is 2.27. The zero-order chi connectivity index (χ0) is 24.0. The molecule has 0 radical (unpaired) electrons. The van der Waals surface area contributed by atoms with Crippen LogP contribution in [0.3, 0.4) is 0 Å². The molecule has 0 bridgehead atoms. The minimum absolute atomic E-state index is 0.124. The van der Waals surface area contributed by atoms with Gasteiger partial charge in [0.1, 0.15) is 18.9 Å². The van der Waals surface area contributed by atoms with Gasteiger partial charge in [0.2, 0.25) is 5.91 Å². The molecule has 3 aromatic rings. The highest BCUT2D eigenvalue weighted by atomic mass is 79.9. The molecule has 1 amide bonds. The van der Waals surface area contributed by atoms with Crippen molar-refractivity contribution < 1.29 is 17.9 Å². The Balaban J connectivity index is 1.71. The molecule has 0 fully saturated rings. The third-order valence-electron chi connectivity index (χ3n) is 5.23. The van der Waals surface area contributed by atoms with Crippen molar-refractivity contribution in [1.29, 1.82) is 0 Å². The van der Waals surface area contributed by atoms with Crippen molar-refractivity contribution in [1.82, 2.24) is 5.32 Å². The molecule has 0 heterocycles. The Hall–Kier alpha value is -2.84. The summed E-state index contributed by atoms with van der Waals surface area (Å²) in [4.78, 5) is 12.8. The minimum Gasteiger partial charge on any atom is -0.491 e. The molecule has 0 aliphatic heterocycles. The summed E-state index contributed by atoms with van der Waals surface area (Å²) in [5.41, 5.74) is 3.52. The van der Waals surface area contributed by atoms with Crippen LogP contribution >= 0.6 is 15.9 Å². The van der Waals surface area contributed by atoms with Crippen molar-refractivity contribution in [3.8, 4) is 5.75 Å². The van der Waals surface area contributed by atoms with E-state index in [0.29, 0.717) is 10.2 Å². The summed E-state index contributed by atoms with van der Waals surface area (Å²) >= 11 is 3.37. The van der Waals surface area contributed by atoms with Crippen LogP contribution < -0.4 is 14.4 Å². The minimum atomic E-state index is -3.95. The second-order valence-corrected chi connectivity index (χ2v) is 10.5. The monoisotopic (exact) mass is 530 g/mol. The lowest BCUT2D eigenvalue weighted by Crippen LogP contribution is -2.42. The molecule has 0 unspecified atom stereocenters. The Morgan fingerprint density at radius 1 is 1.00 bits per heavy atom. The van der Waals surface area contributed by atoms with E-state index in [9.17, 15) is 13.2 Å². The van der Waals surface area contributed by atoms with Gasteiger partial charge in [0, 0.05) is 4.47 Å². The molecular weight excluding hydrogens is 504 g/mol. The van der Waals surface area contributed by atoms with E-state index < -0.39 is 15.9 Å². The fourth-order valence-corrected chi connectivity index (χ4v) is 5.00. The Kier molecular flexibility index (Phi) is 8.15. The second kappa shape index (κ2) is 10.9. The molecule has 0 aromatic heterocycles. The first-order valence-electron chi connectivity index (χ1n) is 10.5. The van der Waals surface area contributed by atoms with Gasteiger partial charge in [-0.2, -0.15) is 0 Å². The van der Waals surface area contributed by atoms with Crippen LogP contribution in [0.2, 0.25) is 0 Å². The van der Waals surface area contributed by atoms with Crippen LogP contribution in [-0.2, 0) is 14.8 Å². The first-order valence-corrected chi connectivity index (χ1v) is 12.7. The number of ether oxygens (including phenoxy) is 1. The largest absolute Gasteiger partial charge is 0.491 e. The summed E-state index contributed by atoms with van der Waals surface area (Å²) in [6.07, 6.45) is 0. The molecule has 1 N–H and O–H groups in total. The van der Waals surface area contributed by atoms with Gasteiger partial charge >= 0.3 is 0 Å². The van der Waals surface area contributed by atoms with E-state index in [0.717, 1.165) is 26.7 Å². The van der Waals surface area contributed by atoms with Gasteiger partial charge in [-0.25, -0.2) is 8.42 Å². The zero-order valence-electron chi connectivity index (χ0n) is 18.8. The molecule has 8 heteroatoms. The number of nitrogens with zero attached hydrogens (tertiary/aromatic N) is 1. The molecule has 6 nitrogen and oxygen atoms in total. The van der Waals surface area contributed by atoms with Crippen molar-refractivity contribution >= 4 is 37.5 Å². The summed E-state index contributed by atoms with van der Waals surface area (Å²) in [6, 6.07) is 19.2. The molecule has 174 valence electrons. The van der Waals surface area contributed by atoms with Gasteiger partial charge in [-0.05, 0) is 68.3 Å². The molecule has 33 heavy (non-hydrogen) atoms. The van der Waals surface area contributed by atoms with E-state index in [4.69, 9.17) is 4.74 Å². The lowest BCUT2D eigenvalue weighted by Gasteiger charge is -2.24. The number of hydrogen-bond acceptors (Lipinski definition) is 4. The molecule has 3 aromatic carbocycles. The predicted octanol–water partition coefficient (Wildman–Crippen LogP) is 4.76. The van der Waals surface area contributed by atoms with Crippen LogP contribution in [0.4, 0.5) is 5.69 Å². The van der Waals surface area contributed by atoms with E-state index in [2.05, 4.69) is 21.2 Å². The van der Waals surface area contributed by atoms with Crippen LogP contribution in [0.5, 0.6) is 5.75 Å². The van der Waals surface area contributed by atoms with Gasteiger partial charge in [-0.1, -0.05) is 51.8 Å². The maximum Gasteiger partial charge on any atom is 0.264 e. The van der Waals surface area contributed by atoms with Crippen molar-refractivity contribution in [2.24, 2.45) is 0 Å². The van der Waals surface area contributed by atoms with Crippen molar-refractivity contribution in [3.05, 3.63) is 87.9 Å². The number of anilines is 1. The van der Waals surface area contributed by atoms with Crippen molar-refractivity contribution in [2.75, 3.05) is 24.0 Å². The summed E-state index contributed by atoms with van der Waals surface area (Å²) in [7, 11) is -3.95. The number of carbonyl (C=O) groups is 1. The van der Waals surface area contributed by atoms with Gasteiger partial charge in [-0.3, -0.25) is 9.10 Å². The molecule has 0 aliphatic carbocycles. The maximum absolute atomic E-state index is 13.4. The standard InChI is InChI=1S/C25H27BrN2O4S/c1-18-10-12-23(13-11-18)33(30,31)28(22-8-5-7-21(26)16-22)17-25(29)27-14-15-32-24-9-4-6-19(2)20(24)3/h4-13,16H,14-15,17H2,1-3H3,(H,27,29). The summed E-state index contributed by atoms with van der Waals surface area (Å²) in [5, 5.41) is 2.75. The maximum atomic E-state index is 13.4. The summed E-state index contributed by atoms with van der Waals surface area (Å²) in [6.45, 7) is 6.05. The quantitative estimate of drug-likeness (QED) is 0.404.